The van der Waals surface area contributed by atoms with Crippen molar-refractivity contribution in [2.45, 2.75) is 25.3 Å². The smallest absolute Gasteiger partial charge is 0.270 e. The predicted molar refractivity (Wildman–Crippen MR) is 142 cm³/mol. The average Bonchev–Trinajstić information content (AvgIpc) is 3.32. The highest BCUT2D eigenvalue weighted by molar-refractivity contribution is 8.16. The second kappa shape index (κ2) is 9.04. The first-order valence-corrected chi connectivity index (χ1v) is 12.6. The minimum Gasteiger partial charge on any atom is -0.308 e. The van der Waals surface area contributed by atoms with Gasteiger partial charge in [0.05, 0.1) is 22.4 Å². The van der Waals surface area contributed by atoms with Gasteiger partial charge in [0.25, 0.3) is 5.69 Å². The van der Waals surface area contributed by atoms with E-state index >= 15 is 0 Å². The highest BCUT2D eigenvalue weighted by atomic mass is 32.2. The second-order valence-electron chi connectivity index (χ2n) is 8.81. The molecule has 3 aromatic rings. The lowest BCUT2D eigenvalue weighted by atomic mass is 9.83. The van der Waals surface area contributed by atoms with Crippen molar-refractivity contribution in [2.75, 3.05) is 0 Å². The molecule has 0 spiro atoms. The number of fused-ring (bicyclic) bond motifs is 1. The first kappa shape index (κ1) is 21.6. The molecule has 35 heavy (non-hydrogen) atoms. The Morgan fingerprint density at radius 3 is 2.51 bits per heavy atom. The van der Waals surface area contributed by atoms with Crippen LogP contribution in [0.1, 0.15) is 42.0 Å². The van der Waals surface area contributed by atoms with Crippen LogP contribution in [0.2, 0.25) is 0 Å². The molecule has 172 valence electrons. The van der Waals surface area contributed by atoms with Crippen molar-refractivity contribution in [2.24, 2.45) is 4.99 Å². The van der Waals surface area contributed by atoms with Crippen molar-refractivity contribution in [1.82, 2.24) is 4.90 Å². The number of hydrogen-bond donors (Lipinski definition) is 0. The summed E-state index contributed by atoms with van der Waals surface area (Å²) in [7, 11) is 0. The van der Waals surface area contributed by atoms with E-state index in [2.05, 4.69) is 64.9 Å². The third-order valence-electron chi connectivity index (χ3n) is 6.65. The molecule has 6 rings (SSSR count). The molecule has 2 heterocycles. The average molecular weight is 478 g/mol. The molecule has 0 aromatic heterocycles. The summed E-state index contributed by atoms with van der Waals surface area (Å²) in [4.78, 5) is 18.6. The quantitative estimate of drug-likeness (QED) is 0.287. The lowest BCUT2D eigenvalue weighted by Crippen LogP contribution is -2.34. The molecule has 0 saturated heterocycles. The van der Waals surface area contributed by atoms with Crippen LogP contribution in [-0.2, 0) is 0 Å². The fraction of sp³-hybridized carbons (Fsp3) is 0.138. The summed E-state index contributed by atoms with van der Waals surface area (Å²) in [5.41, 5.74) is 7.95. The van der Waals surface area contributed by atoms with Crippen LogP contribution in [0.3, 0.4) is 0 Å². The number of thioether (sulfide) groups is 1. The number of nitro groups is 1. The molecule has 0 radical (unpaired) electrons. The van der Waals surface area contributed by atoms with Crippen LogP contribution in [0, 0.1) is 10.1 Å². The van der Waals surface area contributed by atoms with Gasteiger partial charge >= 0.3 is 0 Å². The molecule has 6 heteroatoms. The minimum absolute atomic E-state index is 0.00122. The van der Waals surface area contributed by atoms with Gasteiger partial charge in [0, 0.05) is 23.1 Å². The van der Waals surface area contributed by atoms with Gasteiger partial charge in [-0.25, -0.2) is 4.99 Å². The molecule has 0 amide bonds. The zero-order chi connectivity index (χ0) is 23.8. The van der Waals surface area contributed by atoms with E-state index in [-0.39, 0.29) is 16.7 Å². The molecule has 5 nitrogen and oxygen atoms in total. The van der Waals surface area contributed by atoms with Gasteiger partial charge in [-0.1, -0.05) is 84.6 Å². The van der Waals surface area contributed by atoms with Crippen molar-refractivity contribution in [3.05, 3.63) is 134 Å². The van der Waals surface area contributed by atoms with Gasteiger partial charge in [-0.15, -0.1) is 0 Å². The highest BCUT2D eigenvalue weighted by Gasteiger charge is 2.40. The molecule has 3 aliphatic rings. The summed E-state index contributed by atoms with van der Waals surface area (Å²) in [6.07, 6.45) is 5.32. The topological polar surface area (TPSA) is 58.7 Å². The van der Waals surface area contributed by atoms with Crippen molar-refractivity contribution in [3.63, 3.8) is 0 Å². The maximum absolute atomic E-state index is 11.4. The number of non-ortho nitro benzene ring substituents is 1. The Morgan fingerprint density at radius 1 is 0.971 bits per heavy atom. The van der Waals surface area contributed by atoms with Crippen molar-refractivity contribution < 1.29 is 4.92 Å². The summed E-state index contributed by atoms with van der Waals surface area (Å²) in [5.74, 6) is 0. The van der Waals surface area contributed by atoms with Crippen LogP contribution >= 0.6 is 11.8 Å². The van der Waals surface area contributed by atoms with Crippen molar-refractivity contribution >= 4 is 34.4 Å². The summed E-state index contributed by atoms with van der Waals surface area (Å²) in [5, 5.41) is 14.4. The number of benzene rings is 3. The van der Waals surface area contributed by atoms with Crippen LogP contribution in [0.5, 0.6) is 0 Å². The van der Waals surface area contributed by atoms with Gasteiger partial charge in [0.1, 0.15) is 0 Å². The Bertz CT molecular complexity index is 1420. The lowest BCUT2D eigenvalue weighted by Gasteiger charge is -2.40. The Balaban J connectivity index is 1.48. The molecule has 0 N–H and O–H groups in total. The van der Waals surface area contributed by atoms with Gasteiger partial charge in [-0.2, -0.15) is 0 Å². The van der Waals surface area contributed by atoms with E-state index in [1.807, 2.05) is 18.2 Å². The summed E-state index contributed by atoms with van der Waals surface area (Å²) in [6, 6.07) is 27.8. The standard InChI is InChI=1S/C29H23N3O2S/c33-32(34)24-15-7-13-22(18-24)26-19-35-29-30-27-23(17-20-9-3-1-4-10-20)14-8-16-25(27)28(31(26)29)21-11-5-2-6-12-21/h1-7,9-13,15,17-19,28H,8,14,16H2/b23-17-. The number of rotatable bonds is 4. The van der Waals surface area contributed by atoms with Crippen LogP contribution < -0.4 is 0 Å². The second-order valence-corrected chi connectivity index (χ2v) is 9.65. The Hall–Kier alpha value is -3.90. The molecule has 1 unspecified atom stereocenters. The molecule has 0 saturated carbocycles. The van der Waals surface area contributed by atoms with Crippen molar-refractivity contribution in [3.8, 4) is 0 Å². The van der Waals surface area contributed by atoms with Gasteiger partial charge in [-0.3, -0.25) is 10.1 Å². The Kier molecular flexibility index (Phi) is 5.58. The van der Waals surface area contributed by atoms with E-state index in [4.69, 9.17) is 4.99 Å². The van der Waals surface area contributed by atoms with Crippen LogP contribution in [0.15, 0.2) is 112 Å². The number of aliphatic imine (C=N–C) groups is 1. The Labute approximate surface area is 208 Å². The third kappa shape index (κ3) is 4.00. The van der Waals surface area contributed by atoms with Gasteiger partial charge in [0.15, 0.2) is 5.17 Å². The molecule has 1 atom stereocenters. The van der Waals surface area contributed by atoms with E-state index < -0.39 is 0 Å². The predicted octanol–water partition coefficient (Wildman–Crippen LogP) is 7.57. The van der Waals surface area contributed by atoms with Crippen LogP contribution in [0.4, 0.5) is 5.69 Å². The number of allylic oxidation sites excluding steroid dienone is 1. The van der Waals surface area contributed by atoms with E-state index in [0.717, 1.165) is 41.4 Å². The molecular weight excluding hydrogens is 454 g/mol. The Morgan fingerprint density at radius 2 is 1.74 bits per heavy atom. The van der Waals surface area contributed by atoms with Gasteiger partial charge in [0.2, 0.25) is 0 Å². The lowest BCUT2D eigenvalue weighted by molar-refractivity contribution is -0.384. The normalized spacial score (nSPS) is 20.3. The number of amidine groups is 1. The van der Waals surface area contributed by atoms with E-state index in [0.29, 0.717) is 0 Å². The number of nitrogens with zero attached hydrogens (tertiary/aromatic N) is 3. The van der Waals surface area contributed by atoms with Crippen LogP contribution in [-0.4, -0.2) is 15.0 Å². The van der Waals surface area contributed by atoms with Gasteiger partial charge < -0.3 is 4.90 Å². The highest BCUT2D eigenvalue weighted by Crippen LogP contribution is 2.51. The summed E-state index contributed by atoms with van der Waals surface area (Å²) < 4.78 is 0. The van der Waals surface area contributed by atoms with Crippen LogP contribution in [0.25, 0.3) is 11.8 Å². The van der Waals surface area contributed by atoms with E-state index in [1.165, 1.54) is 28.3 Å². The molecule has 0 bridgehead atoms. The third-order valence-corrected chi connectivity index (χ3v) is 7.49. The SMILES string of the molecule is O=[N+]([O-])c1cccc(C2=CSC3=NC4=C(CCC/C4=C/c4ccccc4)C(c4ccccc4)N23)c1. The fourth-order valence-corrected chi connectivity index (χ4v) is 6.02. The summed E-state index contributed by atoms with van der Waals surface area (Å²) in [6.45, 7) is 0. The molecule has 3 aromatic carbocycles. The van der Waals surface area contributed by atoms with Gasteiger partial charge in [-0.05, 0) is 47.6 Å². The first-order valence-electron chi connectivity index (χ1n) is 11.7. The van der Waals surface area contributed by atoms with Crippen molar-refractivity contribution in [1.29, 1.82) is 0 Å². The largest absolute Gasteiger partial charge is 0.308 e. The summed E-state index contributed by atoms with van der Waals surface area (Å²) >= 11 is 1.59. The first-order chi connectivity index (χ1) is 17.2. The van der Waals surface area contributed by atoms with E-state index in [9.17, 15) is 10.1 Å². The number of hydrogen-bond acceptors (Lipinski definition) is 5. The maximum Gasteiger partial charge on any atom is 0.270 e. The fourth-order valence-electron chi connectivity index (χ4n) is 5.09. The zero-order valence-electron chi connectivity index (χ0n) is 19.0. The zero-order valence-corrected chi connectivity index (χ0v) is 19.8. The molecule has 1 aliphatic carbocycles. The number of nitro benzene ring substituents is 1. The molecule has 2 aliphatic heterocycles. The molecule has 0 fully saturated rings. The monoisotopic (exact) mass is 477 g/mol. The minimum atomic E-state index is -0.339. The van der Waals surface area contributed by atoms with E-state index in [1.54, 1.807) is 23.9 Å². The maximum atomic E-state index is 11.4. The molecular formula is C29H23N3O2S.